The van der Waals surface area contributed by atoms with E-state index in [0.717, 1.165) is 27.0 Å². The van der Waals surface area contributed by atoms with Gasteiger partial charge in [-0.25, -0.2) is 9.48 Å². The minimum absolute atomic E-state index is 0.287. The van der Waals surface area contributed by atoms with Crippen LogP contribution < -0.4 is 0 Å². The number of hydrogen-bond acceptors (Lipinski definition) is 5. The first-order valence-corrected chi connectivity index (χ1v) is 10.6. The molecule has 0 aliphatic rings. The summed E-state index contributed by atoms with van der Waals surface area (Å²) < 4.78 is 7.75. The lowest BCUT2D eigenvalue weighted by molar-refractivity contribution is -0.136. The molecule has 4 rings (SSSR count). The lowest BCUT2D eigenvalue weighted by Gasteiger charge is -2.08. The van der Waals surface area contributed by atoms with Gasteiger partial charge in [-0.1, -0.05) is 63.6 Å². The van der Waals surface area contributed by atoms with Crippen molar-refractivity contribution >= 4 is 33.8 Å². The number of ether oxygens (including phenoxy) is 1. The number of aromatic nitrogens is 3. The van der Waals surface area contributed by atoms with E-state index in [0.29, 0.717) is 5.56 Å². The van der Waals surface area contributed by atoms with Gasteiger partial charge < -0.3 is 4.74 Å². The van der Waals surface area contributed by atoms with Crippen LogP contribution in [0.4, 0.5) is 0 Å². The van der Waals surface area contributed by atoms with Crippen LogP contribution in [0.3, 0.4) is 0 Å². The molecule has 0 saturated carbocycles. The molecule has 0 amide bonds. The highest BCUT2D eigenvalue weighted by molar-refractivity contribution is 9.10. The van der Waals surface area contributed by atoms with Gasteiger partial charge in [-0.2, -0.15) is 0 Å². The molecule has 0 spiro atoms. The number of rotatable bonds is 7. The van der Waals surface area contributed by atoms with Crippen LogP contribution in [0.1, 0.15) is 15.9 Å². The molecule has 0 aliphatic carbocycles. The van der Waals surface area contributed by atoms with E-state index in [1.165, 1.54) is 6.08 Å². The zero-order valence-electron chi connectivity index (χ0n) is 16.9. The molecule has 1 heterocycles. The van der Waals surface area contributed by atoms with Gasteiger partial charge in [0.25, 0.3) is 0 Å². The number of halogens is 1. The van der Waals surface area contributed by atoms with Crippen LogP contribution in [0.25, 0.3) is 23.0 Å². The van der Waals surface area contributed by atoms with Gasteiger partial charge in [0, 0.05) is 21.7 Å². The molecule has 0 saturated heterocycles. The fourth-order valence-corrected chi connectivity index (χ4v) is 3.29. The minimum Gasteiger partial charge on any atom is -0.454 e. The summed E-state index contributed by atoms with van der Waals surface area (Å²) in [6.45, 7) is -0.329. The maximum atomic E-state index is 12.4. The number of Topliss-reactive ketones (excluding diaryl/α,β-unsaturated/α-hetero) is 1. The fraction of sp³-hybridized carbons (Fsp3) is 0.0400. The third-order valence-corrected chi connectivity index (χ3v) is 5.21. The van der Waals surface area contributed by atoms with E-state index in [4.69, 9.17) is 4.74 Å². The first kappa shape index (κ1) is 21.4. The Morgan fingerprint density at radius 3 is 2.38 bits per heavy atom. The number of carbonyl (C=O) groups is 2. The van der Waals surface area contributed by atoms with Crippen LogP contribution in [-0.2, 0) is 9.53 Å². The Morgan fingerprint density at radius 1 is 0.938 bits per heavy atom. The van der Waals surface area contributed by atoms with E-state index < -0.39 is 5.97 Å². The number of carbonyl (C=O) groups excluding carboxylic acids is 2. The van der Waals surface area contributed by atoms with E-state index >= 15 is 0 Å². The van der Waals surface area contributed by atoms with Gasteiger partial charge in [0.1, 0.15) is 0 Å². The number of benzene rings is 3. The predicted octanol–water partition coefficient (Wildman–Crippen LogP) is 5.14. The van der Waals surface area contributed by atoms with Crippen LogP contribution in [0.15, 0.2) is 95.6 Å². The Kier molecular flexibility index (Phi) is 6.67. The van der Waals surface area contributed by atoms with Crippen molar-refractivity contribution in [2.45, 2.75) is 0 Å². The second kappa shape index (κ2) is 9.98. The highest BCUT2D eigenvalue weighted by Crippen LogP contribution is 2.23. The van der Waals surface area contributed by atoms with Gasteiger partial charge in [-0.15, -0.1) is 5.10 Å². The standard InChI is InChI=1S/C25H18BrN3O3/c26-21-11-7-19(8-12-21)23-16-27-28-29(23)22-13-9-20(10-14-22)24(30)17-32-25(31)15-6-18-4-2-1-3-5-18/h1-16H,17H2/b15-6-. The highest BCUT2D eigenvalue weighted by Gasteiger charge is 2.12. The second-order valence-corrected chi connectivity index (χ2v) is 7.78. The molecule has 0 unspecified atom stereocenters. The first-order chi connectivity index (χ1) is 15.6. The Balaban J connectivity index is 1.39. The molecule has 32 heavy (non-hydrogen) atoms. The third kappa shape index (κ3) is 5.25. The average Bonchev–Trinajstić information content (AvgIpc) is 3.32. The van der Waals surface area contributed by atoms with Crippen molar-refractivity contribution in [3.05, 3.63) is 107 Å². The highest BCUT2D eigenvalue weighted by atomic mass is 79.9. The Labute approximate surface area is 193 Å². The van der Waals surface area contributed by atoms with Crippen molar-refractivity contribution in [2.75, 3.05) is 6.61 Å². The van der Waals surface area contributed by atoms with Crippen molar-refractivity contribution in [3.63, 3.8) is 0 Å². The molecule has 0 fully saturated rings. The molecule has 4 aromatic rings. The third-order valence-electron chi connectivity index (χ3n) is 4.68. The molecule has 0 aliphatic heterocycles. The first-order valence-electron chi connectivity index (χ1n) is 9.80. The van der Waals surface area contributed by atoms with Crippen LogP contribution >= 0.6 is 15.9 Å². The van der Waals surface area contributed by atoms with Crippen LogP contribution in [0, 0.1) is 0 Å². The van der Waals surface area contributed by atoms with Crippen molar-refractivity contribution < 1.29 is 14.3 Å². The van der Waals surface area contributed by atoms with E-state index in [-0.39, 0.29) is 12.4 Å². The van der Waals surface area contributed by atoms with Gasteiger partial charge in [0.05, 0.1) is 17.6 Å². The molecule has 1 aromatic heterocycles. The summed E-state index contributed by atoms with van der Waals surface area (Å²) in [6, 6.07) is 24.1. The summed E-state index contributed by atoms with van der Waals surface area (Å²) in [5.74, 6) is -0.856. The molecule has 158 valence electrons. The normalized spacial score (nSPS) is 10.9. The summed E-state index contributed by atoms with van der Waals surface area (Å²) >= 11 is 3.43. The Morgan fingerprint density at radius 2 is 1.66 bits per heavy atom. The molecule has 0 radical (unpaired) electrons. The summed E-state index contributed by atoms with van der Waals surface area (Å²) in [5, 5.41) is 8.17. The minimum atomic E-state index is -0.569. The molecule has 6 nitrogen and oxygen atoms in total. The molecular formula is C25H18BrN3O3. The lowest BCUT2D eigenvalue weighted by Crippen LogP contribution is -2.12. The zero-order chi connectivity index (χ0) is 22.3. The second-order valence-electron chi connectivity index (χ2n) is 6.86. The van der Waals surface area contributed by atoms with Crippen LogP contribution in [-0.4, -0.2) is 33.4 Å². The van der Waals surface area contributed by atoms with Gasteiger partial charge in [0.2, 0.25) is 0 Å². The quantitative estimate of drug-likeness (QED) is 0.205. The molecular weight excluding hydrogens is 470 g/mol. The summed E-state index contributed by atoms with van der Waals surface area (Å²) in [5.41, 5.74) is 3.88. The summed E-state index contributed by atoms with van der Waals surface area (Å²) in [6.07, 6.45) is 4.63. The molecule has 0 N–H and O–H groups in total. The van der Waals surface area contributed by atoms with Crippen LogP contribution in [0.5, 0.6) is 0 Å². The summed E-state index contributed by atoms with van der Waals surface area (Å²) in [4.78, 5) is 24.3. The van der Waals surface area contributed by atoms with Crippen molar-refractivity contribution in [1.29, 1.82) is 0 Å². The molecule has 0 bridgehead atoms. The van der Waals surface area contributed by atoms with E-state index in [2.05, 4.69) is 26.2 Å². The van der Waals surface area contributed by atoms with Crippen molar-refractivity contribution in [3.8, 4) is 16.9 Å². The van der Waals surface area contributed by atoms with E-state index in [9.17, 15) is 9.59 Å². The van der Waals surface area contributed by atoms with Gasteiger partial charge in [-0.05, 0) is 48.0 Å². The fourth-order valence-electron chi connectivity index (χ4n) is 3.03. The average molecular weight is 488 g/mol. The van der Waals surface area contributed by atoms with Crippen LogP contribution in [0.2, 0.25) is 0 Å². The zero-order valence-corrected chi connectivity index (χ0v) is 18.5. The van der Waals surface area contributed by atoms with E-state index in [1.807, 2.05) is 54.6 Å². The van der Waals surface area contributed by atoms with Gasteiger partial charge in [-0.3, -0.25) is 4.79 Å². The molecule has 3 aromatic carbocycles. The number of nitrogens with zero attached hydrogens (tertiary/aromatic N) is 3. The lowest BCUT2D eigenvalue weighted by atomic mass is 10.1. The van der Waals surface area contributed by atoms with Gasteiger partial charge >= 0.3 is 5.97 Å². The van der Waals surface area contributed by atoms with E-state index in [1.54, 1.807) is 41.2 Å². The number of esters is 1. The Hall–Kier alpha value is -3.84. The topological polar surface area (TPSA) is 74.1 Å². The maximum absolute atomic E-state index is 12.4. The van der Waals surface area contributed by atoms with Crippen molar-refractivity contribution in [2.24, 2.45) is 0 Å². The monoisotopic (exact) mass is 487 g/mol. The van der Waals surface area contributed by atoms with Crippen molar-refractivity contribution in [1.82, 2.24) is 15.0 Å². The Bertz CT molecular complexity index is 1250. The molecule has 7 heteroatoms. The number of hydrogen-bond donors (Lipinski definition) is 0. The smallest absolute Gasteiger partial charge is 0.331 e. The SMILES string of the molecule is O=C(/C=C\c1ccccc1)OCC(=O)c1ccc(-n2nncc2-c2ccc(Br)cc2)cc1. The maximum Gasteiger partial charge on any atom is 0.331 e. The largest absolute Gasteiger partial charge is 0.454 e. The molecule has 0 atom stereocenters. The van der Waals surface area contributed by atoms with Gasteiger partial charge in [0.15, 0.2) is 12.4 Å². The predicted molar refractivity (Wildman–Crippen MR) is 125 cm³/mol. The summed E-state index contributed by atoms with van der Waals surface area (Å²) in [7, 11) is 0. The number of ketones is 1.